The first kappa shape index (κ1) is 18.5. The third kappa shape index (κ3) is 6.01. The van der Waals surface area contributed by atoms with Crippen molar-refractivity contribution in [2.75, 3.05) is 16.7 Å². The quantitative estimate of drug-likeness (QED) is 0.530. The molecule has 128 valence electrons. The van der Waals surface area contributed by atoms with Gasteiger partial charge < -0.3 is 9.46 Å². The van der Waals surface area contributed by atoms with Gasteiger partial charge in [-0.3, -0.25) is 4.79 Å². The number of Topliss-reactive ketones (excluding diaryl/α,β-unsaturated/α-hetero) is 1. The largest absolute Gasteiger partial charge is 0.573 e. The summed E-state index contributed by atoms with van der Waals surface area (Å²) >= 11 is 2.72. The topological polar surface area (TPSA) is 38.3 Å². The second kappa shape index (κ2) is 8.34. The zero-order valence-corrected chi connectivity index (χ0v) is 14.2. The van der Waals surface area contributed by atoms with Crippen molar-refractivity contribution in [1.82, 2.24) is 0 Å². The first-order valence-electron chi connectivity index (χ1n) is 6.78. The van der Waals surface area contributed by atoms with E-state index in [0.29, 0.717) is 11.3 Å². The van der Waals surface area contributed by atoms with Gasteiger partial charge in [0.25, 0.3) is 0 Å². The van der Waals surface area contributed by atoms with Crippen molar-refractivity contribution in [2.45, 2.75) is 11.3 Å². The third-order valence-corrected chi connectivity index (χ3v) is 4.22. The van der Waals surface area contributed by atoms with Crippen LogP contribution in [0, 0.1) is 0 Å². The normalized spacial score (nSPS) is 11.2. The molecular weight excluding hydrogens is 359 g/mol. The van der Waals surface area contributed by atoms with Crippen LogP contribution in [0.2, 0.25) is 0 Å². The van der Waals surface area contributed by atoms with Crippen LogP contribution >= 0.6 is 23.7 Å². The number of nitrogens with one attached hydrogen (secondary N) is 1. The Morgan fingerprint density at radius 3 is 2.25 bits per heavy atom. The summed E-state index contributed by atoms with van der Waals surface area (Å²) in [4.78, 5) is 12.5. The Hall–Kier alpha value is -1.80. The Bertz CT molecular complexity index is 673. The molecule has 0 bridgehead atoms. The second-order valence-corrected chi connectivity index (χ2v) is 6.40. The fourth-order valence-electron chi connectivity index (χ4n) is 1.77. The Morgan fingerprint density at radius 1 is 1.08 bits per heavy atom. The number of thioether (sulfide) groups is 1. The number of ether oxygens (including phenoxy) is 1. The molecule has 1 N–H and O–H groups in total. The number of carbonyl (C=O) groups is 1. The van der Waals surface area contributed by atoms with Crippen molar-refractivity contribution >= 4 is 35.2 Å². The molecule has 0 saturated carbocycles. The number of alkyl halides is 3. The molecule has 0 saturated heterocycles. The zero-order chi connectivity index (χ0) is 17.6. The van der Waals surface area contributed by atoms with E-state index < -0.39 is 6.36 Å². The molecule has 2 aromatic rings. The number of carbonyl (C=O) groups excluding carboxylic acids is 1. The molecule has 0 fully saturated rings. The second-order valence-electron chi connectivity index (χ2n) is 4.66. The van der Waals surface area contributed by atoms with Crippen LogP contribution < -0.4 is 9.46 Å². The predicted octanol–water partition coefficient (Wildman–Crippen LogP) is 5.25. The Labute approximate surface area is 146 Å². The van der Waals surface area contributed by atoms with Crippen LogP contribution in [-0.2, 0) is 0 Å². The van der Waals surface area contributed by atoms with Crippen LogP contribution in [-0.4, -0.2) is 24.2 Å². The van der Waals surface area contributed by atoms with Gasteiger partial charge in [-0.05, 0) is 66.7 Å². The molecule has 0 amide bonds. The molecule has 3 nitrogen and oxygen atoms in total. The Kier molecular flexibility index (Phi) is 6.44. The number of ketones is 1. The number of hydrogen-bond acceptors (Lipinski definition) is 5. The average Bonchev–Trinajstić information content (AvgIpc) is 2.53. The predicted molar refractivity (Wildman–Crippen MR) is 91.8 cm³/mol. The van der Waals surface area contributed by atoms with E-state index in [1.54, 1.807) is 24.3 Å². The van der Waals surface area contributed by atoms with Crippen molar-refractivity contribution in [3.63, 3.8) is 0 Å². The van der Waals surface area contributed by atoms with Gasteiger partial charge in [0.1, 0.15) is 5.75 Å². The van der Waals surface area contributed by atoms with Crippen LogP contribution in [0.5, 0.6) is 5.75 Å². The summed E-state index contributed by atoms with van der Waals surface area (Å²) in [7, 11) is 0. The van der Waals surface area contributed by atoms with Gasteiger partial charge in [-0.15, -0.1) is 13.2 Å². The van der Waals surface area contributed by atoms with Crippen LogP contribution in [0.15, 0.2) is 53.4 Å². The molecule has 0 atom stereocenters. The highest BCUT2D eigenvalue weighted by Crippen LogP contribution is 2.27. The van der Waals surface area contributed by atoms with E-state index in [1.807, 2.05) is 6.26 Å². The average molecular weight is 373 g/mol. The zero-order valence-electron chi connectivity index (χ0n) is 12.6. The molecule has 0 unspecified atom stereocenters. The molecule has 2 aromatic carbocycles. The van der Waals surface area contributed by atoms with Crippen molar-refractivity contribution in [3.05, 3.63) is 54.1 Å². The Morgan fingerprint density at radius 2 is 1.71 bits per heavy atom. The van der Waals surface area contributed by atoms with Crippen molar-refractivity contribution in [3.8, 4) is 5.75 Å². The molecule has 0 spiro atoms. The van der Waals surface area contributed by atoms with Crippen molar-refractivity contribution in [2.24, 2.45) is 0 Å². The third-order valence-electron chi connectivity index (χ3n) is 2.83. The minimum Gasteiger partial charge on any atom is -0.406 e. The molecule has 8 heteroatoms. The number of anilines is 1. The first-order chi connectivity index (χ1) is 11.4. The lowest BCUT2D eigenvalue weighted by molar-refractivity contribution is -0.274. The maximum Gasteiger partial charge on any atom is 0.573 e. The van der Waals surface area contributed by atoms with Crippen LogP contribution in [0.25, 0.3) is 0 Å². The number of rotatable bonds is 7. The van der Waals surface area contributed by atoms with Crippen LogP contribution in [0.3, 0.4) is 0 Å². The minimum absolute atomic E-state index is 0.0713. The van der Waals surface area contributed by atoms with Gasteiger partial charge in [0.15, 0.2) is 5.78 Å². The molecule has 0 aliphatic heterocycles. The van der Waals surface area contributed by atoms with E-state index in [0.717, 1.165) is 10.6 Å². The van der Waals surface area contributed by atoms with Gasteiger partial charge in [-0.25, -0.2) is 0 Å². The van der Waals surface area contributed by atoms with Gasteiger partial charge in [-0.2, -0.15) is 11.8 Å². The standard InChI is InChI=1S/C16H14F3NO2S2/c1-23-10-15(21)11-2-4-12(5-3-11)20-24-14-8-6-13(7-9-14)22-16(17,18)19/h2-9,20H,10H2,1H3. The monoisotopic (exact) mass is 373 g/mol. The molecule has 0 heterocycles. The lowest BCUT2D eigenvalue weighted by Crippen LogP contribution is -2.16. The Balaban J connectivity index is 1.90. The summed E-state index contributed by atoms with van der Waals surface area (Å²) in [5, 5.41) is 0. The fourth-order valence-corrected chi connectivity index (χ4v) is 2.84. The summed E-state index contributed by atoms with van der Waals surface area (Å²) < 4.78 is 43.1. The van der Waals surface area contributed by atoms with Crippen LogP contribution in [0.4, 0.5) is 18.9 Å². The highest BCUT2D eigenvalue weighted by Gasteiger charge is 2.30. The molecule has 2 rings (SSSR count). The summed E-state index contributed by atoms with van der Waals surface area (Å²) in [6.45, 7) is 0. The molecular formula is C16H14F3NO2S2. The lowest BCUT2D eigenvalue weighted by atomic mass is 10.1. The molecule has 0 aliphatic rings. The smallest absolute Gasteiger partial charge is 0.406 e. The van der Waals surface area contributed by atoms with Gasteiger partial charge in [0.2, 0.25) is 0 Å². The summed E-state index contributed by atoms with van der Waals surface area (Å²) in [5.74, 6) is 0.249. The molecule has 0 aliphatic carbocycles. The SMILES string of the molecule is CSCC(=O)c1ccc(NSc2ccc(OC(F)(F)F)cc2)cc1. The summed E-state index contributed by atoms with van der Waals surface area (Å²) in [5.41, 5.74) is 1.44. The fraction of sp³-hybridized carbons (Fsp3) is 0.188. The van der Waals surface area contributed by atoms with E-state index in [9.17, 15) is 18.0 Å². The highest BCUT2D eigenvalue weighted by molar-refractivity contribution is 8.00. The van der Waals surface area contributed by atoms with E-state index in [1.165, 1.54) is 48.0 Å². The molecule has 0 radical (unpaired) electrons. The molecule has 0 aromatic heterocycles. The lowest BCUT2D eigenvalue weighted by Gasteiger charge is -2.10. The van der Waals surface area contributed by atoms with E-state index in [2.05, 4.69) is 9.46 Å². The van der Waals surface area contributed by atoms with Gasteiger partial charge in [-0.1, -0.05) is 0 Å². The van der Waals surface area contributed by atoms with Crippen molar-refractivity contribution < 1.29 is 22.7 Å². The highest BCUT2D eigenvalue weighted by atomic mass is 32.2. The number of halogens is 3. The summed E-state index contributed by atoms with van der Waals surface area (Å²) in [6.07, 6.45) is -2.82. The summed E-state index contributed by atoms with van der Waals surface area (Å²) in [6, 6.07) is 12.6. The molecule has 24 heavy (non-hydrogen) atoms. The maximum absolute atomic E-state index is 12.1. The van der Waals surface area contributed by atoms with Gasteiger partial charge in [0, 0.05) is 16.1 Å². The van der Waals surface area contributed by atoms with Gasteiger partial charge >= 0.3 is 6.36 Å². The minimum atomic E-state index is -4.69. The number of hydrogen-bond donors (Lipinski definition) is 1. The van der Waals surface area contributed by atoms with Crippen molar-refractivity contribution in [1.29, 1.82) is 0 Å². The van der Waals surface area contributed by atoms with E-state index in [4.69, 9.17) is 0 Å². The number of benzene rings is 2. The van der Waals surface area contributed by atoms with Gasteiger partial charge in [0.05, 0.1) is 5.75 Å². The first-order valence-corrected chi connectivity index (χ1v) is 8.99. The van der Waals surface area contributed by atoms with E-state index >= 15 is 0 Å². The van der Waals surface area contributed by atoms with Crippen LogP contribution in [0.1, 0.15) is 10.4 Å². The van der Waals surface area contributed by atoms with E-state index in [-0.39, 0.29) is 11.5 Å². The maximum atomic E-state index is 12.1.